The molecule has 25 heavy (non-hydrogen) atoms. The molecule has 0 fully saturated rings. The van der Waals surface area contributed by atoms with Gasteiger partial charge in [0.1, 0.15) is 0 Å². The van der Waals surface area contributed by atoms with Crippen LogP contribution in [-0.4, -0.2) is 26.4 Å². The van der Waals surface area contributed by atoms with Gasteiger partial charge in [0, 0.05) is 22.9 Å². The Hall–Kier alpha value is -2.12. The summed E-state index contributed by atoms with van der Waals surface area (Å²) in [5.41, 5.74) is 2.15. The van der Waals surface area contributed by atoms with E-state index in [0.29, 0.717) is 5.75 Å². The SMILES string of the molecule is Cc1cc(-c2nnc(SCC(=O)N[C@@H](C)c3ccccc3)n2C)cs1. The highest BCUT2D eigenvalue weighted by Crippen LogP contribution is 2.26. The van der Waals surface area contributed by atoms with E-state index in [2.05, 4.69) is 33.9 Å². The van der Waals surface area contributed by atoms with Crippen LogP contribution in [0.2, 0.25) is 0 Å². The average molecular weight is 373 g/mol. The number of rotatable bonds is 6. The molecule has 1 N–H and O–H groups in total. The standard InChI is InChI=1S/C18H20N4OS2/c1-12-9-15(10-24-12)17-20-21-18(22(17)3)25-11-16(23)19-13(2)14-7-5-4-6-8-14/h4-10,13H,11H2,1-3H3,(H,19,23)/t13-/m0/s1. The van der Waals surface area contributed by atoms with Crippen molar-refractivity contribution in [1.82, 2.24) is 20.1 Å². The van der Waals surface area contributed by atoms with Crippen molar-refractivity contribution in [2.45, 2.75) is 25.0 Å². The summed E-state index contributed by atoms with van der Waals surface area (Å²) in [7, 11) is 1.93. The van der Waals surface area contributed by atoms with Crippen LogP contribution >= 0.6 is 23.1 Å². The molecular weight excluding hydrogens is 352 g/mol. The fourth-order valence-electron chi connectivity index (χ4n) is 2.49. The summed E-state index contributed by atoms with van der Waals surface area (Å²) in [6.45, 7) is 4.05. The topological polar surface area (TPSA) is 59.8 Å². The third-order valence-corrected chi connectivity index (χ3v) is 5.71. The van der Waals surface area contributed by atoms with Crippen LogP contribution in [0.25, 0.3) is 11.4 Å². The highest BCUT2D eigenvalue weighted by molar-refractivity contribution is 7.99. The van der Waals surface area contributed by atoms with Crippen molar-refractivity contribution in [2.75, 3.05) is 5.75 Å². The molecule has 0 saturated heterocycles. The van der Waals surface area contributed by atoms with Crippen LogP contribution in [0, 0.1) is 6.92 Å². The second-order valence-corrected chi connectivity index (χ2v) is 7.86. The lowest BCUT2D eigenvalue weighted by atomic mass is 10.1. The lowest BCUT2D eigenvalue weighted by Crippen LogP contribution is -2.28. The number of aryl methyl sites for hydroxylation is 1. The highest BCUT2D eigenvalue weighted by atomic mass is 32.2. The number of nitrogens with zero attached hydrogens (tertiary/aromatic N) is 3. The lowest BCUT2D eigenvalue weighted by molar-refractivity contribution is -0.119. The summed E-state index contributed by atoms with van der Waals surface area (Å²) in [6.07, 6.45) is 0. The van der Waals surface area contributed by atoms with Gasteiger partial charge in [-0.25, -0.2) is 0 Å². The lowest BCUT2D eigenvalue weighted by Gasteiger charge is -2.13. The van der Waals surface area contributed by atoms with Gasteiger partial charge in [-0.1, -0.05) is 42.1 Å². The molecule has 2 heterocycles. The van der Waals surface area contributed by atoms with E-state index in [-0.39, 0.29) is 11.9 Å². The van der Waals surface area contributed by atoms with E-state index in [4.69, 9.17) is 0 Å². The smallest absolute Gasteiger partial charge is 0.230 e. The normalized spacial score (nSPS) is 12.1. The van der Waals surface area contributed by atoms with Crippen LogP contribution in [0.1, 0.15) is 23.4 Å². The summed E-state index contributed by atoms with van der Waals surface area (Å²) in [5, 5.41) is 14.3. The first-order valence-corrected chi connectivity index (χ1v) is 9.83. The van der Waals surface area contributed by atoms with Gasteiger partial charge >= 0.3 is 0 Å². The van der Waals surface area contributed by atoms with Gasteiger partial charge in [0.25, 0.3) is 0 Å². The third-order valence-electron chi connectivity index (χ3n) is 3.83. The van der Waals surface area contributed by atoms with Crippen molar-refractivity contribution in [3.63, 3.8) is 0 Å². The van der Waals surface area contributed by atoms with Gasteiger partial charge in [0.15, 0.2) is 11.0 Å². The molecule has 0 aliphatic rings. The zero-order valence-electron chi connectivity index (χ0n) is 14.4. The van der Waals surface area contributed by atoms with Gasteiger partial charge in [-0.3, -0.25) is 4.79 Å². The first-order chi connectivity index (χ1) is 12.0. The van der Waals surface area contributed by atoms with Gasteiger partial charge in [0.05, 0.1) is 11.8 Å². The first-order valence-electron chi connectivity index (χ1n) is 7.96. The third kappa shape index (κ3) is 4.29. The Labute approximate surface area is 155 Å². The first kappa shape index (κ1) is 17.7. The number of benzene rings is 1. The molecule has 5 nitrogen and oxygen atoms in total. The largest absolute Gasteiger partial charge is 0.349 e. The van der Waals surface area contributed by atoms with Crippen LogP contribution < -0.4 is 5.32 Å². The molecule has 2 aromatic heterocycles. The van der Waals surface area contributed by atoms with E-state index < -0.39 is 0 Å². The molecule has 3 rings (SSSR count). The molecule has 0 spiro atoms. The van der Waals surface area contributed by atoms with E-state index >= 15 is 0 Å². The maximum absolute atomic E-state index is 12.2. The maximum atomic E-state index is 12.2. The second-order valence-electron chi connectivity index (χ2n) is 5.80. The number of carbonyl (C=O) groups is 1. The molecule has 0 radical (unpaired) electrons. The van der Waals surface area contributed by atoms with Crippen molar-refractivity contribution in [3.05, 3.63) is 52.2 Å². The Bertz CT molecular complexity index is 857. The van der Waals surface area contributed by atoms with E-state index in [1.165, 1.54) is 16.6 Å². The molecule has 1 amide bonds. The van der Waals surface area contributed by atoms with E-state index in [1.807, 2.05) is 48.9 Å². The minimum atomic E-state index is -0.0164. The van der Waals surface area contributed by atoms with Crippen molar-refractivity contribution in [2.24, 2.45) is 7.05 Å². The molecule has 7 heteroatoms. The Morgan fingerprint density at radius 2 is 2.08 bits per heavy atom. The second kappa shape index (κ2) is 7.84. The van der Waals surface area contributed by atoms with Gasteiger partial charge < -0.3 is 9.88 Å². The predicted molar refractivity (Wildman–Crippen MR) is 103 cm³/mol. The van der Waals surface area contributed by atoms with Gasteiger partial charge in [0.2, 0.25) is 5.91 Å². The van der Waals surface area contributed by atoms with Gasteiger partial charge in [-0.15, -0.1) is 21.5 Å². The minimum Gasteiger partial charge on any atom is -0.349 e. The Morgan fingerprint density at radius 3 is 2.76 bits per heavy atom. The number of hydrogen-bond donors (Lipinski definition) is 1. The number of aromatic nitrogens is 3. The summed E-state index contributed by atoms with van der Waals surface area (Å²) in [6, 6.07) is 12.0. The van der Waals surface area contributed by atoms with Crippen molar-refractivity contribution < 1.29 is 4.79 Å². The zero-order chi connectivity index (χ0) is 17.8. The Kier molecular flexibility index (Phi) is 5.55. The molecule has 130 valence electrons. The van der Waals surface area contributed by atoms with Crippen LogP contribution in [0.4, 0.5) is 0 Å². The predicted octanol–water partition coefficient (Wildman–Crippen LogP) is 3.82. The van der Waals surface area contributed by atoms with Crippen molar-refractivity contribution in [1.29, 1.82) is 0 Å². The Morgan fingerprint density at radius 1 is 1.32 bits per heavy atom. The average Bonchev–Trinajstić information content (AvgIpc) is 3.19. The molecule has 1 atom stereocenters. The van der Waals surface area contributed by atoms with Crippen LogP contribution in [0.15, 0.2) is 46.9 Å². The quantitative estimate of drug-likeness (QED) is 0.668. The number of hydrogen-bond acceptors (Lipinski definition) is 5. The number of thiophene rings is 1. The van der Waals surface area contributed by atoms with Gasteiger partial charge in [-0.05, 0) is 25.5 Å². The molecule has 3 aromatic rings. The molecule has 0 aliphatic carbocycles. The molecule has 1 aromatic carbocycles. The number of nitrogens with one attached hydrogen (secondary N) is 1. The molecule has 0 saturated carbocycles. The fraction of sp³-hybridized carbons (Fsp3) is 0.278. The zero-order valence-corrected chi connectivity index (χ0v) is 16.0. The highest BCUT2D eigenvalue weighted by Gasteiger charge is 2.15. The van der Waals surface area contributed by atoms with Crippen LogP contribution in [0.5, 0.6) is 0 Å². The number of carbonyl (C=O) groups excluding carboxylic acids is 1. The molecule has 0 aliphatic heterocycles. The van der Waals surface area contributed by atoms with E-state index in [9.17, 15) is 4.79 Å². The van der Waals surface area contributed by atoms with E-state index in [0.717, 1.165) is 22.1 Å². The Balaban J connectivity index is 1.58. The minimum absolute atomic E-state index is 0.0156. The molecule has 0 unspecified atom stereocenters. The summed E-state index contributed by atoms with van der Waals surface area (Å²) in [5.74, 6) is 1.12. The maximum Gasteiger partial charge on any atom is 0.230 e. The molecular formula is C18H20N4OS2. The van der Waals surface area contributed by atoms with E-state index in [1.54, 1.807) is 11.3 Å². The fourth-order valence-corrected chi connectivity index (χ4v) is 3.89. The van der Waals surface area contributed by atoms with Crippen LogP contribution in [0.3, 0.4) is 0 Å². The number of amides is 1. The summed E-state index contributed by atoms with van der Waals surface area (Å²) < 4.78 is 1.93. The van der Waals surface area contributed by atoms with Gasteiger partial charge in [-0.2, -0.15) is 0 Å². The van der Waals surface area contributed by atoms with Crippen LogP contribution in [-0.2, 0) is 11.8 Å². The van der Waals surface area contributed by atoms with Crippen molar-refractivity contribution >= 4 is 29.0 Å². The molecule has 0 bridgehead atoms. The summed E-state index contributed by atoms with van der Waals surface area (Å²) >= 11 is 3.08. The number of thioether (sulfide) groups is 1. The monoisotopic (exact) mass is 372 g/mol. The summed E-state index contributed by atoms with van der Waals surface area (Å²) in [4.78, 5) is 13.4. The van der Waals surface area contributed by atoms with Crippen molar-refractivity contribution in [3.8, 4) is 11.4 Å².